The number of hydrogen-bond acceptors (Lipinski definition) is 0. The predicted octanol–water partition coefficient (Wildman–Crippen LogP) is -0.877. The van der Waals surface area contributed by atoms with Gasteiger partial charge in [0.2, 0.25) is 0 Å². The van der Waals surface area contributed by atoms with Crippen LogP contribution in [0.5, 0.6) is 0 Å². The van der Waals surface area contributed by atoms with Crippen LogP contribution in [-0.4, -0.2) is 0 Å². The first kappa shape index (κ1) is 21.9. The second-order valence-electron chi connectivity index (χ2n) is 6.50. The first-order valence-electron chi connectivity index (χ1n) is 8.73. The molecule has 0 spiro atoms. The number of benzene rings is 2. The Morgan fingerprint density at radius 1 is 0.875 bits per heavy atom. The van der Waals surface area contributed by atoms with Gasteiger partial charge in [-0.25, -0.2) is 0 Å². The minimum Gasteiger partial charge on any atom is -1.00 e. The van der Waals surface area contributed by atoms with E-state index in [4.69, 9.17) is 0 Å². The van der Waals surface area contributed by atoms with Crippen molar-refractivity contribution < 1.29 is 49.2 Å². The van der Waals surface area contributed by atoms with Gasteiger partial charge in [0.05, 0.1) is 0 Å². The van der Waals surface area contributed by atoms with Crippen LogP contribution in [0.25, 0.3) is 11.1 Å². The summed E-state index contributed by atoms with van der Waals surface area (Å²) in [7, 11) is 0. The monoisotopic (exact) mass is 527 g/mol. The van der Waals surface area contributed by atoms with E-state index in [0.29, 0.717) is 0 Å². The molecule has 0 saturated carbocycles. The molecule has 0 unspecified atom stereocenters. The quantitative estimate of drug-likeness (QED) is 0.366. The molecule has 0 bridgehead atoms. The molecule has 0 heterocycles. The molecule has 0 radical (unpaired) electrons. The van der Waals surface area contributed by atoms with E-state index in [1.54, 1.807) is 20.0 Å². The number of hydrogen-bond donors (Lipinski definition) is 0. The van der Waals surface area contributed by atoms with Crippen LogP contribution in [0.3, 0.4) is 0 Å². The average molecular weight is 527 g/mol. The molecule has 24 heavy (non-hydrogen) atoms. The molecule has 0 aliphatic heterocycles. The van der Waals surface area contributed by atoms with Crippen molar-refractivity contribution in [3.63, 3.8) is 0 Å². The number of unbranched alkanes of at least 4 members (excludes halogenated alkanes) is 2. The molecule has 1 aliphatic carbocycles. The van der Waals surface area contributed by atoms with Crippen molar-refractivity contribution in [3.8, 4) is 11.1 Å². The summed E-state index contributed by atoms with van der Waals surface area (Å²) in [6, 6.07) is 12.0. The Hall–Kier alpha value is -0.110. The Balaban J connectivity index is 0.00000144. The number of rotatable bonds is 6. The fourth-order valence-corrected chi connectivity index (χ4v) is 5.04. The third kappa shape index (κ3) is 4.54. The molecule has 0 fully saturated rings. The molecule has 0 aromatic heterocycles. The predicted molar refractivity (Wildman–Crippen MR) is 91.5 cm³/mol. The Labute approximate surface area is 174 Å². The van der Waals surface area contributed by atoms with Crippen LogP contribution in [0.15, 0.2) is 30.3 Å². The smallest absolute Gasteiger partial charge is 1.00 e. The van der Waals surface area contributed by atoms with E-state index in [0.717, 1.165) is 0 Å². The van der Waals surface area contributed by atoms with Crippen LogP contribution in [0.1, 0.15) is 61.8 Å². The Morgan fingerprint density at radius 3 is 2.25 bits per heavy atom. The van der Waals surface area contributed by atoms with E-state index in [-0.39, 0.29) is 24.8 Å². The molecule has 2 aromatic rings. The van der Waals surface area contributed by atoms with E-state index in [1.807, 2.05) is 0 Å². The minimum atomic E-state index is 0. The summed E-state index contributed by atoms with van der Waals surface area (Å²) in [6.07, 6.45) is 8.86. The zero-order chi connectivity index (χ0) is 15.5. The summed E-state index contributed by atoms with van der Waals surface area (Å²) in [6.45, 7) is 4.56. The number of halogens is 2. The van der Waals surface area contributed by atoms with Gasteiger partial charge >= 0.3 is 150 Å². The standard InChI is InChI=1S/C21H25.2ClH.Hf/c1-3-5-7-16-9-11-20-18(13-16)15-19-14-17(8-6-4-2)10-12-21(19)20;;;/h9-13H,3-8,15H2,1-2H3;2*1H;/q;;;+2/p-2. The van der Waals surface area contributed by atoms with Crippen LogP contribution in [0.4, 0.5) is 0 Å². The van der Waals surface area contributed by atoms with Crippen LogP contribution >= 0.6 is 0 Å². The van der Waals surface area contributed by atoms with E-state index < -0.39 is 0 Å². The van der Waals surface area contributed by atoms with Crippen LogP contribution < -0.4 is 28.1 Å². The average Bonchev–Trinajstić information content (AvgIpc) is 2.91. The number of aryl methyl sites for hydroxylation is 2. The topological polar surface area (TPSA) is 0 Å². The van der Waals surface area contributed by atoms with E-state index in [9.17, 15) is 0 Å². The van der Waals surface area contributed by atoms with E-state index >= 15 is 0 Å². The third-order valence-corrected chi connectivity index (χ3v) is 7.08. The summed E-state index contributed by atoms with van der Waals surface area (Å²) < 4.78 is 1.68. The second kappa shape index (κ2) is 10.1. The Bertz CT molecular complexity index is 680. The normalized spacial score (nSPS) is 11.3. The molecule has 3 rings (SSSR count). The molecule has 2 aromatic carbocycles. The summed E-state index contributed by atoms with van der Waals surface area (Å²) in [4.78, 5) is 0. The van der Waals surface area contributed by atoms with E-state index in [1.165, 1.54) is 86.0 Å². The third-order valence-electron chi connectivity index (χ3n) is 4.84. The van der Waals surface area contributed by atoms with Crippen molar-refractivity contribution in [1.82, 2.24) is 0 Å². The molecule has 0 saturated heterocycles. The summed E-state index contributed by atoms with van der Waals surface area (Å²) in [5.74, 6) is 0. The van der Waals surface area contributed by atoms with Crippen LogP contribution in [0, 0.1) is 0 Å². The van der Waals surface area contributed by atoms with Gasteiger partial charge in [0, 0.05) is 0 Å². The van der Waals surface area contributed by atoms with Crippen molar-refractivity contribution in [3.05, 3.63) is 52.6 Å². The van der Waals surface area contributed by atoms with E-state index in [2.05, 4.69) is 44.2 Å². The van der Waals surface area contributed by atoms with Crippen molar-refractivity contribution in [2.45, 2.75) is 58.8 Å². The first-order chi connectivity index (χ1) is 10.7. The summed E-state index contributed by atoms with van der Waals surface area (Å²) >= 11 is 1.18. The minimum absolute atomic E-state index is 0. The molecule has 0 nitrogen and oxygen atoms in total. The second-order valence-corrected chi connectivity index (χ2v) is 8.30. The Morgan fingerprint density at radius 2 is 1.54 bits per heavy atom. The van der Waals surface area contributed by atoms with Gasteiger partial charge < -0.3 is 24.8 Å². The molecular weight excluding hydrogens is 502 g/mol. The van der Waals surface area contributed by atoms with Crippen molar-refractivity contribution >= 4 is 3.32 Å². The number of fused-ring (bicyclic) bond motifs is 3. The molecule has 3 heteroatoms. The van der Waals surface area contributed by atoms with Gasteiger partial charge in [-0.3, -0.25) is 0 Å². The maximum Gasteiger partial charge on any atom is -1.00 e. The SMILES string of the molecule is CCCCc1ccc2c(c1)Cc1c-2ccc(CCCC)[c]1[Hf+2].[Cl-].[Cl-]. The van der Waals surface area contributed by atoms with Gasteiger partial charge in [-0.2, -0.15) is 0 Å². The van der Waals surface area contributed by atoms with Gasteiger partial charge in [0.15, 0.2) is 0 Å². The fraction of sp³-hybridized carbons (Fsp3) is 0.429. The Kier molecular flexibility index (Phi) is 9.27. The van der Waals surface area contributed by atoms with Crippen molar-refractivity contribution in [1.29, 1.82) is 0 Å². The zero-order valence-corrected chi connectivity index (χ0v) is 19.7. The molecule has 0 N–H and O–H groups in total. The maximum absolute atomic E-state index is 2.47. The molecule has 1 aliphatic rings. The molecule has 0 atom stereocenters. The van der Waals surface area contributed by atoms with Crippen LogP contribution in [-0.2, 0) is 43.6 Å². The van der Waals surface area contributed by atoms with Gasteiger partial charge in [-0.05, 0) is 0 Å². The largest absolute Gasteiger partial charge is 1.00 e. The van der Waals surface area contributed by atoms with Gasteiger partial charge in [0.1, 0.15) is 0 Å². The summed E-state index contributed by atoms with van der Waals surface area (Å²) in [5, 5.41) is 0. The zero-order valence-electron chi connectivity index (χ0n) is 14.6. The van der Waals surface area contributed by atoms with Gasteiger partial charge in [-0.15, -0.1) is 0 Å². The maximum atomic E-state index is 2.47. The van der Waals surface area contributed by atoms with Gasteiger partial charge in [-0.1, -0.05) is 0 Å². The molecule has 127 valence electrons. The molecule has 0 amide bonds. The first-order valence-corrected chi connectivity index (χ1v) is 10.5. The van der Waals surface area contributed by atoms with Gasteiger partial charge in [0.25, 0.3) is 0 Å². The fourth-order valence-electron chi connectivity index (χ4n) is 3.49. The van der Waals surface area contributed by atoms with Crippen LogP contribution in [0.2, 0.25) is 0 Å². The molecular formula is C21H25Cl2Hf. The summed E-state index contributed by atoms with van der Waals surface area (Å²) in [5.41, 5.74) is 9.36. The van der Waals surface area contributed by atoms with Crippen molar-refractivity contribution in [2.75, 3.05) is 0 Å². The van der Waals surface area contributed by atoms with Crippen molar-refractivity contribution in [2.24, 2.45) is 0 Å².